The fraction of sp³-hybridized carbons (Fsp3) is 0.211. The first-order chi connectivity index (χ1) is 10.3. The van der Waals surface area contributed by atoms with Crippen molar-refractivity contribution in [1.29, 1.82) is 0 Å². The second-order valence-corrected chi connectivity index (χ2v) is 5.38. The van der Waals surface area contributed by atoms with Crippen LogP contribution in [0.15, 0.2) is 67.0 Å². The van der Waals surface area contributed by atoms with Crippen LogP contribution in [0.3, 0.4) is 0 Å². The third-order valence-corrected chi connectivity index (χ3v) is 3.98. The van der Waals surface area contributed by atoms with E-state index in [1.54, 1.807) is 6.20 Å². The van der Waals surface area contributed by atoms with Crippen molar-refractivity contribution in [2.75, 3.05) is 0 Å². The van der Waals surface area contributed by atoms with Gasteiger partial charge < -0.3 is 5.11 Å². The molecule has 0 aliphatic heterocycles. The van der Waals surface area contributed by atoms with E-state index in [2.05, 4.69) is 18.0 Å². The minimum absolute atomic E-state index is 0.673. The molecule has 2 heteroatoms. The maximum atomic E-state index is 11.4. The molecule has 0 amide bonds. The van der Waals surface area contributed by atoms with Crippen LogP contribution in [0, 0.1) is 0 Å². The molecular weight excluding hydrogens is 258 g/mol. The number of fused-ring (bicyclic) bond motifs is 1. The van der Waals surface area contributed by atoms with E-state index < -0.39 is 5.60 Å². The summed E-state index contributed by atoms with van der Waals surface area (Å²) in [4.78, 5) is 4.33. The number of hydrogen-bond acceptors (Lipinski definition) is 2. The average Bonchev–Trinajstić information content (AvgIpc) is 2.55. The molecule has 1 unspecified atom stereocenters. The smallest absolute Gasteiger partial charge is 0.117 e. The first kappa shape index (κ1) is 13.8. The van der Waals surface area contributed by atoms with Crippen molar-refractivity contribution in [2.45, 2.75) is 25.4 Å². The van der Waals surface area contributed by atoms with Gasteiger partial charge in [-0.2, -0.15) is 0 Å². The van der Waals surface area contributed by atoms with Crippen LogP contribution in [0.4, 0.5) is 0 Å². The molecule has 0 aliphatic rings. The van der Waals surface area contributed by atoms with Gasteiger partial charge in [0.1, 0.15) is 5.60 Å². The summed E-state index contributed by atoms with van der Waals surface area (Å²) in [5.41, 5.74) is 0.808. The molecule has 1 N–H and O–H groups in total. The second kappa shape index (κ2) is 5.66. The summed E-state index contributed by atoms with van der Waals surface area (Å²) in [6, 6.07) is 18.0. The number of benzene rings is 2. The number of aliphatic hydroxyl groups is 1. The van der Waals surface area contributed by atoms with Gasteiger partial charge in [0.15, 0.2) is 0 Å². The molecule has 1 atom stereocenters. The Morgan fingerprint density at radius 3 is 2.43 bits per heavy atom. The SMILES string of the molecule is CCCC(O)(c1ccccc1)c1cncc2ccccc12. The van der Waals surface area contributed by atoms with Crippen LogP contribution in [0.2, 0.25) is 0 Å². The zero-order valence-electron chi connectivity index (χ0n) is 12.2. The first-order valence-corrected chi connectivity index (χ1v) is 7.37. The third-order valence-electron chi connectivity index (χ3n) is 3.98. The molecule has 3 rings (SSSR count). The first-order valence-electron chi connectivity index (χ1n) is 7.37. The number of rotatable bonds is 4. The van der Waals surface area contributed by atoms with Gasteiger partial charge in [-0.1, -0.05) is 67.9 Å². The monoisotopic (exact) mass is 277 g/mol. The summed E-state index contributed by atoms with van der Waals surface area (Å²) in [5.74, 6) is 0. The van der Waals surface area contributed by atoms with Crippen molar-refractivity contribution in [2.24, 2.45) is 0 Å². The molecule has 0 radical (unpaired) electrons. The van der Waals surface area contributed by atoms with Crippen LogP contribution in [0.1, 0.15) is 30.9 Å². The topological polar surface area (TPSA) is 33.1 Å². The standard InChI is InChI=1S/C19H19NO/c1-2-12-19(21,16-9-4-3-5-10-16)18-14-20-13-15-8-6-7-11-17(15)18/h3-11,13-14,21H,2,12H2,1H3. The summed E-state index contributed by atoms with van der Waals surface area (Å²) in [6.45, 7) is 2.09. The van der Waals surface area contributed by atoms with Gasteiger partial charge in [-0.15, -0.1) is 0 Å². The predicted molar refractivity (Wildman–Crippen MR) is 86.1 cm³/mol. The van der Waals surface area contributed by atoms with E-state index in [1.807, 2.05) is 54.7 Å². The fourth-order valence-electron chi connectivity index (χ4n) is 2.96. The van der Waals surface area contributed by atoms with E-state index in [-0.39, 0.29) is 0 Å². The Bertz CT molecular complexity index is 733. The Hall–Kier alpha value is -2.19. The summed E-state index contributed by atoms with van der Waals surface area (Å²) < 4.78 is 0. The van der Waals surface area contributed by atoms with Crippen molar-refractivity contribution >= 4 is 10.8 Å². The van der Waals surface area contributed by atoms with Crippen LogP contribution in [0.25, 0.3) is 10.8 Å². The Labute approximate surface area is 125 Å². The molecule has 0 saturated carbocycles. The zero-order valence-corrected chi connectivity index (χ0v) is 12.2. The Balaban J connectivity index is 2.25. The average molecular weight is 277 g/mol. The van der Waals surface area contributed by atoms with Gasteiger partial charge in [-0.25, -0.2) is 0 Å². The van der Waals surface area contributed by atoms with Gasteiger partial charge in [0.2, 0.25) is 0 Å². The Morgan fingerprint density at radius 1 is 0.952 bits per heavy atom. The Kier molecular flexibility index (Phi) is 3.72. The molecule has 2 nitrogen and oxygen atoms in total. The summed E-state index contributed by atoms with van der Waals surface area (Å²) >= 11 is 0. The van der Waals surface area contributed by atoms with E-state index in [1.165, 1.54) is 0 Å². The third kappa shape index (κ3) is 2.43. The highest BCUT2D eigenvalue weighted by molar-refractivity contribution is 5.85. The van der Waals surface area contributed by atoms with Crippen molar-refractivity contribution in [3.63, 3.8) is 0 Å². The molecule has 1 heterocycles. The molecule has 0 saturated heterocycles. The normalized spacial score (nSPS) is 14.0. The summed E-state index contributed by atoms with van der Waals surface area (Å²) in [5, 5.41) is 13.5. The highest BCUT2D eigenvalue weighted by atomic mass is 16.3. The van der Waals surface area contributed by atoms with E-state index in [4.69, 9.17) is 0 Å². The molecular formula is C19H19NO. The van der Waals surface area contributed by atoms with Crippen LogP contribution in [-0.2, 0) is 5.60 Å². The molecule has 106 valence electrons. The van der Waals surface area contributed by atoms with E-state index in [0.29, 0.717) is 6.42 Å². The molecule has 3 aromatic rings. The van der Waals surface area contributed by atoms with Gasteiger partial charge >= 0.3 is 0 Å². The van der Waals surface area contributed by atoms with Crippen molar-refractivity contribution in [3.05, 3.63) is 78.1 Å². The molecule has 1 aromatic heterocycles. The van der Waals surface area contributed by atoms with Crippen LogP contribution < -0.4 is 0 Å². The molecule has 0 fully saturated rings. The number of nitrogens with zero attached hydrogens (tertiary/aromatic N) is 1. The lowest BCUT2D eigenvalue weighted by Gasteiger charge is -2.30. The molecule has 0 aliphatic carbocycles. The Morgan fingerprint density at radius 2 is 1.67 bits per heavy atom. The molecule has 0 spiro atoms. The fourth-order valence-corrected chi connectivity index (χ4v) is 2.96. The van der Waals surface area contributed by atoms with Crippen molar-refractivity contribution < 1.29 is 5.11 Å². The molecule has 2 aromatic carbocycles. The lowest BCUT2D eigenvalue weighted by atomic mass is 9.81. The summed E-state index contributed by atoms with van der Waals surface area (Å²) in [7, 11) is 0. The highest BCUT2D eigenvalue weighted by Crippen LogP contribution is 2.37. The highest BCUT2D eigenvalue weighted by Gasteiger charge is 2.32. The largest absolute Gasteiger partial charge is 0.380 e. The van der Waals surface area contributed by atoms with Crippen LogP contribution in [0.5, 0.6) is 0 Å². The maximum Gasteiger partial charge on any atom is 0.117 e. The summed E-state index contributed by atoms with van der Waals surface area (Å²) in [6.07, 6.45) is 5.21. The maximum absolute atomic E-state index is 11.4. The van der Waals surface area contributed by atoms with Crippen LogP contribution >= 0.6 is 0 Å². The van der Waals surface area contributed by atoms with Gasteiger partial charge in [0, 0.05) is 23.3 Å². The second-order valence-electron chi connectivity index (χ2n) is 5.38. The quantitative estimate of drug-likeness (QED) is 0.772. The van der Waals surface area contributed by atoms with Gasteiger partial charge in [0.25, 0.3) is 0 Å². The van der Waals surface area contributed by atoms with E-state index in [0.717, 1.165) is 28.3 Å². The van der Waals surface area contributed by atoms with Crippen molar-refractivity contribution in [3.8, 4) is 0 Å². The van der Waals surface area contributed by atoms with E-state index >= 15 is 0 Å². The lowest BCUT2D eigenvalue weighted by Crippen LogP contribution is -2.27. The number of aromatic nitrogens is 1. The minimum atomic E-state index is -0.996. The number of pyridine rings is 1. The van der Waals surface area contributed by atoms with E-state index in [9.17, 15) is 5.11 Å². The predicted octanol–water partition coefficient (Wildman–Crippen LogP) is 4.27. The lowest BCUT2D eigenvalue weighted by molar-refractivity contribution is 0.0714. The zero-order chi connectivity index (χ0) is 14.7. The van der Waals surface area contributed by atoms with Crippen molar-refractivity contribution in [1.82, 2.24) is 4.98 Å². The number of hydrogen-bond donors (Lipinski definition) is 1. The van der Waals surface area contributed by atoms with Gasteiger partial charge in [-0.3, -0.25) is 4.98 Å². The minimum Gasteiger partial charge on any atom is -0.380 e. The van der Waals surface area contributed by atoms with Crippen LogP contribution in [-0.4, -0.2) is 10.1 Å². The molecule has 21 heavy (non-hydrogen) atoms. The van der Waals surface area contributed by atoms with Gasteiger partial charge in [0.05, 0.1) is 0 Å². The molecule has 0 bridgehead atoms. The van der Waals surface area contributed by atoms with Gasteiger partial charge in [-0.05, 0) is 17.4 Å².